The zero-order valence-electron chi connectivity index (χ0n) is 18.7. The maximum Gasteiger partial charge on any atom is 0.210 e. The molecular formula is C25H23F2N5O2. The van der Waals surface area contributed by atoms with Crippen LogP contribution in [0.25, 0.3) is 17.6 Å². The van der Waals surface area contributed by atoms with Crippen LogP contribution >= 0.6 is 0 Å². The van der Waals surface area contributed by atoms with Crippen LogP contribution in [-0.2, 0) is 12.1 Å². The van der Waals surface area contributed by atoms with E-state index in [-0.39, 0.29) is 11.6 Å². The first-order valence-electron chi connectivity index (χ1n) is 10.9. The molecule has 4 aromatic rings. The Kier molecular flexibility index (Phi) is 5.49. The molecule has 5 rings (SSSR count). The van der Waals surface area contributed by atoms with Gasteiger partial charge in [0.05, 0.1) is 24.8 Å². The van der Waals surface area contributed by atoms with Gasteiger partial charge in [-0.15, -0.1) is 5.10 Å². The van der Waals surface area contributed by atoms with Crippen LogP contribution in [0.4, 0.5) is 8.78 Å². The Balaban J connectivity index is 1.48. The van der Waals surface area contributed by atoms with E-state index in [1.54, 1.807) is 25.6 Å². The number of fused-ring (bicyclic) bond motifs is 1. The first kappa shape index (κ1) is 22.0. The third-order valence-corrected chi connectivity index (χ3v) is 5.97. The summed E-state index contributed by atoms with van der Waals surface area (Å²) in [7, 11) is 1.55. The summed E-state index contributed by atoms with van der Waals surface area (Å²) in [5.74, 6) is -0.361. The Morgan fingerprint density at radius 2 is 2.00 bits per heavy atom. The van der Waals surface area contributed by atoms with Gasteiger partial charge >= 0.3 is 0 Å². The van der Waals surface area contributed by atoms with Crippen molar-refractivity contribution in [2.24, 2.45) is 0 Å². The highest BCUT2D eigenvalue weighted by Crippen LogP contribution is 2.37. The molecule has 9 heteroatoms. The lowest BCUT2D eigenvalue weighted by Gasteiger charge is -2.31. The summed E-state index contributed by atoms with van der Waals surface area (Å²) in [6.07, 6.45) is 5.89. The summed E-state index contributed by atoms with van der Waals surface area (Å²) >= 11 is 0. The number of halogens is 2. The Bertz CT molecular complexity index is 1380. The van der Waals surface area contributed by atoms with E-state index < -0.39 is 17.2 Å². The normalized spacial score (nSPS) is 18.1. The predicted octanol–water partition coefficient (Wildman–Crippen LogP) is 4.42. The largest absolute Gasteiger partial charge is 0.495 e. The van der Waals surface area contributed by atoms with Gasteiger partial charge in [-0.3, -0.25) is 0 Å². The van der Waals surface area contributed by atoms with Crippen LogP contribution in [0.2, 0.25) is 0 Å². The van der Waals surface area contributed by atoms with Crippen LogP contribution in [-0.4, -0.2) is 36.5 Å². The third-order valence-electron chi connectivity index (χ3n) is 5.97. The number of aromatic nitrogens is 5. The Morgan fingerprint density at radius 1 is 1.21 bits per heavy atom. The molecule has 7 nitrogen and oxygen atoms in total. The molecule has 1 unspecified atom stereocenters. The summed E-state index contributed by atoms with van der Waals surface area (Å²) in [6.45, 7) is 2.40. The van der Waals surface area contributed by atoms with Crippen molar-refractivity contribution < 1.29 is 18.6 Å². The van der Waals surface area contributed by atoms with Crippen LogP contribution in [0.15, 0.2) is 55.0 Å². The van der Waals surface area contributed by atoms with E-state index in [1.807, 2.05) is 23.8 Å². The van der Waals surface area contributed by atoms with Gasteiger partial charge < -0.3 is 14.4 Å². The van der Waals surface area contributed by atoms with E-state index in [1.165, 1.54) is 35.0 Å². The molecule has 3 heterocycles. The van der Waals surface area contributed by atoms with E-state index >= 15 is 4.39 Å². The number of imidazole rings is 1. The van der Waals surface area contributed by atoms with Gasteiger partial charge in [-0.05, 0) is 61.2 Å². The van der Waals surface area contributed by atoms with Crippen molar-refractivity contribution >= 4 is 11.9 Å². The van der Waals surface area contributed by atoms with Gasteiger partial charge in [0.15, 0.2) is 11.7 Å². The molecule has 0 saturated carbocycles. The number of rotatable bonds is 5. The average molecular weight is 463 g/mol. The molecule has 0 fully saturated rings. The molecule has 0 spiro atoms. The van der Waals surface area contributed by atoms with Crippen molar-refractivity contribution in [3.05, 3.63) is 89.3 Å². The lowest BCUT2D eigenvalue weighted by atomic mass is 9.86. The number of ether oxygens (including phenoxy) is 1. The monoisotopic (exact) mass is 463 g/mol. The maximum absolute atomic E-state index is 15.2. The summed E-state index contributed by atoms with van der Waals surface area (Å²) in [5, 5.41) is 15.6. The number of hydrogen-bond acceptors (Lipinski definition) is 5. The SMILES string of the molecule is COc1cc(/C=C(\F)c2nc3n(n2)CCCC3(O)c2ccc(F)cc2)ccc1-n1cnc(C)c1. The lowest BCUT2D eigenvalue weighted by molar-refractivity contribution is 0.0394. The fourth-order valence-corrected chi connectivity index (χ4v) is 4.26. The zero-order chi connectivity index (χ0) is 23.9. The molecule has 34 heavy (non-hydrogen) atoms. The summed E-state index contributed by atoms with van der Waals surface area (Å²) in [6, 6.07) is 10.9. The first-order valence-corrected chi connectivity index (χ1v) is 10.9. The number of benzene rings is 2. The molecule has 0 radical (unpaired) electrons. The van der Waals surface area contributed by atoms with Crippen molar-refractivity contribution in [3.63, 3.8) is 0 Å². The van der Waals surface area contributed by atoms with Gasteiger partial charge in [-0.25, -0.2) is 23.4 Å². The van der Waals surface area contributed by atoms with Crippen molar-refractivity contribution in [2.75, 3.05) is 7.11 Å². The molecule has 0 amide bonds. The van der Waals surface area contributed by atoms with E-state index in [4.69, 9.17) is 4.74 Å². The topological polar surface area (TPSA) is 78.0 Å². The van der Waals surface area contributed by atoms with Crippen LogP contribution in [0.5, 0.6) is 5.75 Å². The number of aryl methyl sites for hydroxylation is 2. The molecule has 2 aromatic carbocycles. The van der Waals surface area contributed by atoms with Crippen LogP contribution < -0.4 is 4.74 Å². The first-order chi connectivity index (χ1) is 16.4. The van der Waals surface area contributed by atoms with Gasteiger partial charge in [0.1, 0.15) is 17.2 Å². The van der Waals surface area contributed by atoms with Crippen molar-refractivity contribution in [3.8, 4) is 11.4 Å². The van der Waals surface area contributed by atoms with Gasteiger partial charge in [-0.2, -0.15) is 0 Å². The van der Waals surface area contributed by atoms with Crippen LogP contribution in [0.3, 0.4) is 0 Å². The fraction of sp³-hybridized carbons (Fsp3) is 0.240. The van der Waals surface area contributed by atoms with Gasteiger partial charge in [0.2, 0.25) is 5.82 Å². The molecule has 0 saturated heterocycles. The maximum atomic E-state index is 15.2. The molecule has 174 valence electrons. The second-order valence-electron chi connectivity index (χ2n) is 8.30. The number of methoxy groups -OCH3 is 1. The Hall–Kier alpha value is -3.85. The molecule has 1 atom stereocenters. The van der Waals surface area contributed by atoms with Crippen molar-refractivity contribution in [2.45, 2.75) is 31.9 Å². The molecule has 2 aromatic heterocycles. The minimum atomic E-state index is -1.47. The third kappa shape index (κ3) is 3.88. The van der Waals surface area contributed by atoms with Crippen LogP contribution in [0, 0.1) is 12.7 Å². The minimum absolute atomic E-state index is 0.120. The molecule has 0 bridgehead atoms. The predicted molar refractivity (Wildman–Crippen MR) is 122 cm³/mol. The molecule has 1 N–H and O–H groups in total. The number of nitrogens with zero attached hydrogens (tertiary/aromatic N) is 5. The van der Waals surface area contributed by atoms with Gasteiger partial charge in [0.25, 0.3) is 0 Å². The second kappa shape index (κ2) is 8.49. The summed E-state index contributed by atoms with van der Waals surface area (Å²) in [4.78, 5) is 8.56. The van der Waals surface area contributed by atoms with E-state index in [0.717, 1.165) is 11.4 Å². The van der Waals surface area contributed by atoms with E-state index in [2.05, 4.69) is 15.1 Å². The van der Waals surface area contributed by atoms with E-state index in [0.29, 0.717) is 36.3 Å². The average Bonchev–Trinajstić information content (AvgIpc) is 3.47. The minimum Gasteiger partial charge on any atom is -0.495 e. The lowest BCUT2D eigenvalue weighted by Crippen LogP contribution is -2.35. The zero-order valence-corrected chi connectivity index (χ0v) is 18.7. The van der Waals surface area contributed by atoms with Crippen LogP contribution in [0.1, 0.15) is 41.3 Å². The Morgan fingerprint density at radius 3 is 2.71 bits per heavy atom. The molecule has 1 aliphatic rings. The smallest absolute Gasteiger partial charge is 0.210 e. The molecule has 1 aliphatic heterocycles. The summed E-state index contributed by atoms with van der Waals surface area (Å²) in [5.41, 5.74) is 1.24. The quantitative estimate of drug-likeness (QED) is 0.474. The summed E-state index contributed by atoms with van der Waals surface area (Å²) < 4.78 is 37.4. The van der Waals surface area contributed by atoms with Crippen molar-refractivity contribution in [1.82, 2.24) is 24.3 Å². The number of aliphatic hydroxyl groups is 1. The molecular weight excluding hydrogens is 440 g/mol. The highest BCUT2D eigenvalue weighted by atomic mass is 19.1. The fourth-order valence-electron chi connectivity index (χ4n) is 4.26. The molecule has 0 aliphatic carbocycles. The second-order valence-corrected chi connectivity index (χ2v) is 8.30. The Labute approximate surface area is 195 Å². The van der Waals surface area contributed by atoms with Crippen molar-refractivity contribution in [1.29, 1.82) is 0 Å². The van der Waals surface area contributed by atoms with E-state index in [9.17, 15) is 9.50 Å². The van der Waals surface area contributed by atoms with Gasteiger partial charge in [0, 0.05) is 12.7 Å². The van der Waals surface area contributed by atoms with Gasteiger partial charge in [-0.1, -0.05) is 18.2 Å². The highest BCUT2D eigenvalue weighted by molar-refractivity contribution is 5.75. The standard InChI is InChI=1S/C25H23F2N5O2/c1-16-14-31(15-28-16)21-9-4-17(13-22(21)34-2)12-20(27)23-29-24-25(33,10-3-11-32(24)30-23)18-5-7-19(26)8-6-18/h4-9,12-15,33H,3,10-11H2,1-2H3/b20-12-. The number of hydrogen-bond donors (Lipinski definition) is 1. The highest BCUT2D eigenvalue weighted by Gasteiger charge is 2.40.